The fourth-order valence-electron chi connectivity index (χ4n) is 2.02. The molecule has 0 unspecified atom stereocenters. The number of nitriles is 1. The number of hydrogen-bond acceptors (Lipinski definition) is 6. The van der Waals surface area contributed by atoms with Crippen LogP contribution in [0.3, 0.4) is 0 Å². The number of halogens is 1. The number of esters is 1. The molecule has 1 heterocycles. The van der Waals surface area contributed by atoms with Crippen LogP contribution in [0, 0.1) is 11.3 Å². The number of ketones is 1. The predicted molar refractivity (Wildman–Crippen MR) is 98.2 cm³/mol. The molecule has 8 heteroatoms. The van der Waals surface area contributed by atoms with Gasteiger partial charge in [0.05, 0.1) is 28.1 Å². The van der Waals surface area contributed by atoms with Crippen LogP contribution in [0.5, 0.6) is 0 Å². The summed E-state index contributed by atoms with van der Waals surface area (Å²) in [5.74, 6) is -1.30. The van der Waals surface area contributed by atoms with Crippen molar-refractivity contribution in [2.75, 3.05) is 11.9 Å². The van der Waals surface area contributed by atoms with Crippen LogP contribution in [-0.2, 0) is 20.7 Å². The molecule has 0 bridgehead atoms. The van der Waals surface area contributed by atoms with Crippen molar-refractivity contribution in [3.63, 3.8) is 0 Å². The SMILES string of the molecule is N#CCc1ccc(NC(=O)COC(=O)CCC(=O)c2ccc(Cl)s2)cc1. The Labute approximate surface area is 159 Å². The fraction of sp³-hybridized carbons (Fsp3) is 0.222. The topological polar surface area (TPSA) is 96.3 Å². The molecule has 0 fully saturated rings. The van der Waals surface area contributed by atoms with Crippen LogP contribution in [0.4, 0.5) is 5.69 Å². The highest BCUT2D eigenvalue weighted by Crippen LogP contribution is 2.22. The quantitative estimate of drug-likeness (QED) is 0.548. The Morgan fingerprint density at radius 3 is 2.46 bits per heavy atom. The van der Waals surface area contributed by atoms with Gasteiger partial charge in [-0.15, -0.1) is 11.3 Å². The van der Waals surface area contributed by atoms with E-state index in [9.17, 15) is 14.4 Å². The van der Waals surface area contributed by atoms with E-state index in [2.05, 4.69) is 5.32 Å². The van der Waals surface area contributed by atoms with Crippen molar-refractivity contribution in [3.05, 3.63) is 51.2 Å². The highest BCUT2D eigenvalue weighted by molar-refractivity contribution is 7.18. The standard InChI is InChI=1S/C18H15ClN2O4S/c19-16-7-6-15(26-16)14(22)5-8-18(24)25-11-17(23)21-13-3-1-12(2-4-13)9-10-20/h1-4,6-7H,5,8-9,11H2,(H,21,23). The zero-order chi connectivity index (χ0) is 18.9. The van der Waals surface area contributed by atoms with Crippen molar-refractivity contribution >= 4 is 46.3 Å². The molecule has 1 N–H and O–H groups in total. The first-order valence-corrected chi connectivity index (χ1v) is 8.87. The third-order valence-corrected chi connectivity index (χ3v) is 4.56. The first-order chi connectivity index (χ1) is 12.5. The highest BCUT2D eigenvalue weighted by atomic mass is 35.5. The van der Waals surface area contributed by atoms with Crippen LogP contribution >= 0.6 is 22.9 Å². The maximum atomic E-state index is 11.9. The van der Waals surface area contributed by atoms with E-state index in [1.54, 1.807) is 36.4 Å². The molecule has 0 spiro atoms. The molecule has 0 radical (unpaired) electrons. The van der Waals surface area contributed by atoms with Gasteiger partial charge in [0.25, 0.3) is 5.91 Å². The molecule has 1 aromatic heterocycles. The minimum Gasteiger partial charge on any atom is -0.456 e. The number of hydrogen-bond donors (Lipinski definition) is 1. The van der Waals surface area contributed by atoms with Crippen LogP contribution in [0.2, 0.25) is 4.34 Å². The maximum Gasteiger partial charge on any atom is 0.306 e. The molecule has 1 amide bonds. The smallest absolute Gasteiger partial charge is 0.306 e. The molecule has 0 atom stereocenters. The third kappa shape index (κ3) is 6.31. The second kappa shape index (κ2) is 9.70. The van der Waals surface area contributed by atoms with E-state index in [0.717, 1.165) is 16.9 Å². The minimum atomic E-state index is -0.625. The molecule has 0 aliphatic heterocycles. The number of anilines is 1. The Morgan fingerprint density at radius 1 is 1.12 bits per heavy atom. The van der Waals surface area contributed by atoms with Gasteiger partial charge in [0.2, 0.25) is 0 Å². The highest BCUT2D eigenvalue weighted by Gasteiger charge is 2.13. The summed E-state index contributed by atoms with van der Waals surface area (Å²) in [5.41, 5.74) is 1.38. The lowest BCUT2D eigenvalue weighted by Crippen LogP contribution is -2.21. The molecule has 2 rings (SSSR count). The van der Waals surface area contributed by atoms with Crippen molar-refractivity contribution in [3.8, 4) is 6.07 Å². The average Bonchev–Trinajstić information content (AvgIpc) is 3.06. The molecular formula is C18H15ClN2O4S. The van der Waals surface area contributed by atoms with Gasteiger partial charge in [0.15, 0.2) is 12.4 Å². The Bertz CT molecular complexity index is 840. The number of nitrogens with zero attached hydrogens (tertiary/aromatic N) is 1. The largest absolute Gasteiger partial charge is 0.456 e. The Hall–Kier alpha value is -2.69. The average molecular weight is 391 g/mol. The first kappa shape index (κ1) is 19.6. The second-order valence-corrected chi connectivity index (χ2v) is 6.98. The molecule has 26 heavy (non-hydrogen) atoms. The Morgan fingerprint density at radius 2 is 1.85 bits per heavy atom. The third-order valence-electron chi connectivity index (χ3n) is 3.29. The van der Waals surface area contributed by atoms with E-state index in [4.69, 9.17) is 21.6 Å². The predicted octanol–water partition coefficient (Wildman–Crippen LogP) is 3.61. The summed E-state index contributed by atoms with van der Waals surface area (Å²) in [6.07, 6.45) is 0.185. The molecule has 6 nitrogen and oxygen atoms in total. The number of carbonyl (C=O) groups is 3. The summed E-state index contributed by atoms with van der Waals surface area (Å²) < 4.78 is 5.37. The summed E-state index contributed by atoms with van der Waals surface area (Å²) in [4.78, 5) is 35.8. The summed E-state index contributed by atoms with van der Waals surface area (Å²) in [7, 11) is 0. The minimum absolute atomic E-state index is 0.00233. The lowest BCUT2D eigenvalue weighted by molar-refractivity contribution is -0.147. The van der Waals surface area contributed by atoms with Crippen molar-refractivity contribution in [2.45, 2.75) is 19.3 Å². The fourth-order valence-corrected chi connectivity index (χ4v) is 3.03. The van der Waals surface area contributed by atoms with Gasteiger partial charge in [-0.25, -0.2) is 0 Å². The van der Waals surface area contributed by atoms with Crippen LogP contribution in [0.1, 0.15) is 28.1 Å². The molecule has 0 aliphatic rings. The number of rotatable bonds is 8. The maximum absolute atomic E-state index is 11.9. The van der Waals surface area contributed by atoms with Crippen molar-refractivity contribution in [1.29, 1.82) is 5.26 Å². The van der Waals surface area contributed by atoms with E-state index in [1.165, 1.54) is 0 Å². The van der Waals surface area contributed by atoms with Gasteiger partial charge in [-0.3, -0.25) is 14.4 Å². The number of carbonyl (C=O) groups excluding carboxylic acids is 3. The zero-order valence-electron chi connectivity index (χ0n) is 13.7. The second-order valence-electron chi connectivity index (χ2n) is 5.27. The number of ether oxygens (including phenoxy) is 1. The Kier molecular flexibility index (Phi) is 7.33. The van der Waals surface area contributed by atoms with Gasteiger partial charge in [-0.05, 0) is 29.8 Å². The Balaban J connectivity index is 1.70. The van der Waals surface area contributed by atoms with E-state index < -0.39 is 18.5 Å². The van der Waals surface area contributed by atoms with E-state index in [0.29, 0.717) is 21.3 Å². The first-order valence-electron chi connectivity index (χ1n) is 7.68. The van der Waals surface area contributed by atoms with E-state index in [-0.39, 0.29) is 18.6 Å². The van der Waals surface area contributed by atoms with Crippen LogP contribution in [0.25, 0.3) is 0 Å². The van der Waals surface area contributed by atoms with Gasteiger partial charge < -0.3 is 10.1 Å². The summed E-state index contributed by atoms with van der Waals surface area (Å²) >= 11 is 6.91. The van der Waals surface area contributed by atoms with E-state index >= 15 is 0 Å². The zero-order valence-corrected chi connectivity index (χ0v) is 15.2. The molecule has 134 valence electrons. The lowest BCUT2D eigenvalue weighted by atomic mass is 10.1. The van der Waals surface area contributed by atoms with Crippen molar-refractivity contribution < 1.29 is 19.1 Å². The van der Waals surface area contributed by atoms with Crippen LogP contribution < -0.4 is 5.32 Å². The number of Topliss-reactive ketones (excluding diaryl/α,β-unsaturated/α-hetero) is 1. The van der Waals surface area contributed by atoms with Gasteiger partial charge in [0, 0.05) is 12.1 Å². The van der Waals surface area contributed by atoms with Gasteiger partial charge in [-0.1, -0.05) is 23.7 Å². The number of benzene rings is 1. The molecule has 1 aromatic carbocycles. The van der Waals surface area contributed by atoms with Crippen LogP contribution in [-0.4, -0.2) is 24.3 Å². The normalized spacial score (nSPS) is 10.0. The van der Waals surface area contributed by atoms with Crippen molar-refractivity contribution in [1.82, 2.24) is 0 Å². The molecule has 0 saturated carbocycles. The number of thiophene rings is 1. The summed E-state index contributed by atoms with van der Waals surface area (Å²) in [6, 6.07) is 12.0. The lowest BCUT2D eigenvalue weighted by Gasteiger charge is -2.07. The van der Waals surface area contributed by atoms with Crippen LogP contribution in [0.15, 0.2) is 36.4 Å². The molecule has 2 aromatic rings. The van der Waals surface area contributed by atoms with E-state index in [1.807, 2.05) is 6.07 Å². The molecule has 0 aliphatic carbocycles. The number of amides is 1. The van der Waals surface area contributed by atoms with Crippen molar-refractivity contribution in [2.24, 2.45) is 0 Å². The summed E-state index contributed by atoms with van der Waals surface area (Å²) in [5, 5.41) is 11.2. The molecular weight excluding hydrogens is 376 g/mol. The monoisotopic (exact) mass is 390 g/mol. The van der Waals surface area contributed by atoms with Gasteiger partial charge in [0.1, 0.15) is 0 Å². The molecule has 0 saturated heterocycles. The summed E-state index contributed by atoms with van der Waals surface area (Å²) in [6.45, 7) is -0.433. The van der Waals surface area contributed by atoms with Gasteiger partial charge >= 0.3 is 5.97 Å². The van der Waals surface area contributed by atoms with Gasteiger partial charge in [-0.2, -0.15) is 5.26 Å². The number of nitrogens with one attached hydrogen (secondary N) is 1.